The third kappa shape index (κ3) is 2.81. The van der Waals surface area contributed by atoms with E-state index in [1.165, 1.54) is 0 Å². The Bertz CT molecular complexity index is 292. The molecule has 4 heteroatoms. The fourth-order valence-electron chi connectivity index (χ4n) is 1.71. The van der Waals surface area contributed by atoms with Gasteiger partial charge >= 0.3 is 0 Å². The van der Waals surface area contributed by atoms with Crippen LogP contribution in [0.1, 0.15) is 17.7 Å². The average molecular weight is 211 g/mol. The summed E-state index contributed by atoms with van der Waals surface area (Å²) in [5, 5.41) is 0. The second-order valence-electron chi connectivity index (χ2n) is 3.82. The van der Waals surface area contributed by atoms with Gasteiger partial charge in [-0.2, -0.15) is 0 Å². The predicted octanol–water partition coefficient (Wildman–Crippen LogP) is 1.29. The number of hydrogen-bond donors (Lipinski definition) is 1. The van der Waals surface area contributed by atoms with Gasteiger partial charge in [-0.3, -0.25) is 0 Å². The van der Waals surface area contributed by atoms with Crippen LogP contribution in [-0.4, -0.2) is 19.8 Å². The Hall–Kier alpha value is -0.840. The third-order valence-corrected chi connectivity index (χ3v) is 2.67. The van der Waals surface area contributed by atoms with Gasteiger partial charge in [0.1, 0.15) is 12.4 Å². The van der Waals surface area contributed by atoms with Crippen LogP contribution in [0, 0.1) is 5.92 Å². The Kier molecular flexibility index (Phi) is 3.77. The normalized spacial score (nSPS) is 21.0. The van der Waals surface area contributed by atoms with Crippen molar-refractivity contribution in [1.82, 2.24) is 0 Å². The fourth-order valence-corrected chi connectivity index (χ4v) is 1.71. The first-order chi connectivity index (χ1) is 7.40. The molecule has 2 heterocycles. The molecule has 1 aliphatic rings. The van der Waals surface area contributed by atoms with Gasteiger partial charge in [-0.05, 0) is 12.5 Å². The topological polar surface area (TPSA) is 57.6 Å². The minimum atomic E-state index is 0.502. The van der Waals surface area contributed by atoms with Crippen LogP contribution < -0.4 is 5.73 Å². The standard InChI is InChI=1S/C11H17NO3/c12-5-10-2-4-15-11(10)8-14-7-9-1-3-13-6-9/h2,4,9H,1,3,5-8,12H2. The summed E-state index contributed by atoms with van der Waals surface area (Å²) in [6, 6.07) is 1.89. The molecule has 1 unspecified atom stereocenters. The molecule has 0 saturated carbocycles. The molecular weight excluding hydrogens is 194 g/mol. The fraction of sp³-hybridized carbons (Fsp3) is 0.636. The van der Waals surface area contributed by atoms with E-state index < -0.39 is 0 Å². The lowest BCUT2D eigenvalue weighted by Crippen LogP contribution is -2.09. The Morgan fingerprint density at radius 2 is 2.47 bits per heavy atom. The van der Waals surface area contributed by atoms with Crippen molar-refractivity contribution < 1.29 is 13.9 Å². The van der Waals surface area contributed by atoms with Gasteiger partial charge in [0.25, 0.3) is 0 Å². The van der Waals surface area contributed by atoms with Gasteiger partial charge in [0.05, 0.1) is 19.5 Å². The highest BCUT2D eigenvalue weighted by Crippen LogP contribution is 2.15. The Morgan fingerprint density at radius 1 is 1.53 bits per heavy atom. The van der Waals surface area contributed by atoms with E-state index in [9.17, 15) is 0 Å². The molecule has 0 bridgehead atoms. The molecule has 84 valence electrons. The number of furan rings is 1. The van der Waals surface area contributed by atoms with E-state index in [0.29, 0.717) is 19.1 Å². The molecule has 4 nitrogen and oxygen atoms in total. The van der Waals surface area contributed by atoms with Crippen molar-refractivity contribution in [3.8, 4) is 0 Å². The molecule has 1 atom stereocenters. The lowest BCUT2D eigenvalue weighted by atomic mass is 10.1. The van der Waals surface area contributed by atoms with Crippen LogP contribution in [0.3, 0.4) is 0 Å². The van der Waals surface area contributed by atoms with Gasteiger partial charge < -0.3 is 19.6 Å². The van der Waals surface area contributed by atoms with E-state index in [2.05, 4.69) is 0 Å². The zero-order valence-corrected chi connectivity index (χ0v) is 8.78. The van der Waals surface area contributed by atoms with Gasteiger partial charge in [0.2, 0.25) is 0 Å². The zero-order chi connectivity index (χ0) is 10.5. The summed E-state index contributed by atoms with van der Waals surface area (Å²) in [5.41, 5.74) is 6.58. The number of rotatable bonds is 5. The Labute approximate surface area is 89.3 Å². The van der Waals surface area contributed by atoms with Crippen molar-refractivity contribution in [1.29, 1.82) is 0 Å². The van der Waals surface area contributed by atoms with Gasteiger partial charge in [0.15, 0.2) is 0 Å². The minimum Gasteiger partial charge on any atom is -0.467 e. The summed E-state index contributed by atoms with van der Waals surface area (Å²) in [4.78, 5) is 0. The lowest BCUT2D eigenvalue weighted by molar-refractivity contribution is 0.0686. The molecule has 0 aliphatic carbocycles. The van der Waals surface area contributed by atoms with Crippen molar-refractivity contribution in [2.75, 3.05) is 19.8 Å². The number of ether oxygens (including phenoxy) is 2. The molecule has 2 N–H and O–H groups in total. The largest absolute Gasteiger partial charge is 0.467 e. The molecule has 0 amide bonds. The minimum absolute atomic E-state index is 0.502. The van der Waals surface area contributed by atoms with Gasteiger partial charge in [-0.25, -0.2) is 0 Å². The van der Waals surface area contributed by atoms with E-state index in [-0.39, 0.29) is 0 Å². The number of hydrogen-bond acceptors (Lipinski definition) is 4. The SMILES string of the molecule is NCc1ccoc1COCC1CCOC1. The van der Waals surface area contributed by atoms with Crippen LogP contribution in [-0.2, 0) is 22.6 Å². The summed E-state index contributed by atoms with van der Waals surface area (Å²) >= 11 is 0. The zero-order valence-electron chi connectivity index (χ0n) is 8.78. The van der Waals surface area contributed by atoms with Crippen LogP contribution in [0.2, 0.25) is 0 Å². The van der Waals surface area contributed by atoms with Crippen LogP contribution in [0.25, 0.3) is 0 Å². The molecule has 1 fully saturated rings. The van der Waals surface area contributed by atoms with Gasteiger partial charge in [0, 0.05) is 24.6 Å². The summed E-state index contributed by atoms with van der Waals surface area (Å²) in [7, 11) is 0. The van der Waals surface area contributed by atoms with E-state index >= 15 is 0 Å². The second-order valence-corrected chi connectivity index (χ2v) is 3.82. The van der Waals surface area contributed by atoms with Crippen LogP contribution in [0.15, 0.2) is 16.7 Å². The van der Waals surface area contributed by atoms with Crippen LogP contribution in [0.4, 0.5) is 0 Å². The quantitative estimate of drug-likeness (QED) is 0.797. The summed E-state index contributed by atoms with van der Waals surface area (Å²) < 4.78 is 16.1. The monoisotopic (exact) mass is 211 g/mol. The van der Waals surface area contributed by atoms with Gasteiger partial charge in [-0.1, -0.05) is 0 Å². The predicted molar refractivity (Wildman–Crippen MR) is 55.2 cm³/mol. The first-order valence-corrected chi connectivity index (χ1v) is 5.31. The van der Waals surface area contributed by atoms with Crippen molar-refractivity contribution in [3.05, 3.63) is 23.7 Å². The highest BCUT2D eigenvalue weighted by molar-refractivity contribution is 5.15. The molecule has 1 aliphatic heterocycles. The number of nitrogens with two attached hydrogens (primary N) is 1. The average Bonchev–Trinajstić information content (AvgIpc) is 2.88. The molecule has 15 heavy (non-hydrogen) atoms. The molecule has 1 aromatic heterocycles. The van der Waals surface area contributed by atoms with Gasteiger partial charge in [-0.15, -0.1) is 0 Å². The van der Waals surface area contributed by atoms with E-state index in [1.54, 1.807) is 6.26 Å². The van der Waals surface area contributed by atoms with Crippen molar-refractivity contribution in [2.24, 2.45) is 11.7 Å². The van der Waals surface area contributed by atoms with Crippen molar-refractivity contribution in [2.45, 2.75) is 19.6 Å². The van der Waals surface area contributed by atoms with Crippen LogP contribution in [0.5, 0.6) is 0 Å². The van der Waals surface area contributed by atoms with E-state index in [4.69, 9.17) is 19.6 Å². The van der Waals surface area contributed by atoms with Crippen molar-refractivity contribution >= 4 is 0 Å². The molecule has 0 radical (unpaired) electrons. The molecule has 0 aromatic carbocycles. The lowest BCUT2D eigenvalue weighted by Gasteiger charge is -2.07. The summed E-state index contributed by atoms with van der Waals surface area (Å²) in [6.07, 6.45) is 2.75. The highest BCUT2D eigenvalue weighted by atomic mass is 16.5. The highest BCUT2D eigenvalue weighted by Gasteiger charge is 2.16. The third-order valence-electron chi connectivity index (χ3n) is 2.67. The second kappa shape index (κ2) is 5.30. The van der Waals surface area contributed by atoms with Crippen molar-refractivity contribution in [3.63, 3.8) is 0 Å². The van der Waals surface area contributed by atoms with E-state index in [1.807, 2.05) is 6.07 Å². The van der Waals surface area contributed by atoms with Crippen LogP contribution >= 0.6 is 0 Å². The molecular formula is C11H17NO3. The molecule has 0 spiro atoms. The molecule has 2 rings (SSSR count). The Morgan fingerprint density at radius 3 is 3.20 bits per heavy atom. The maximum atomic E-state index is 5.58. The summed E-state index contributed by atoms with van der Waals surface area (Å²) in [5.74, 6) is 1.39. The Balaban J connectivity index is 1.73. The first-order valence-electron chi connectivity index (χ1n) is 5.31. The summed E-state index contributed by atoms with van der Waals surface area (Å²) in [6.45, 7) is 3.44. The first kappa shape index (κ1) is 10.7. The molecule has 1 saturated heterocycles. The molecule has 1 aromatic rings. The smallest absolute Gasteiger partial charge is 0.133 e. The van der Waals surface area contributed by atoms with E-state index in [0.717, 1.165) is 37.6 Å². The maximum absolute atomic E-state index is 5.58. The maximum Gasteiger partial charge on any atom is 0.133 e.